The molecule has 1 saturated carbocycles. The number of amides is 3. The van der Waals surface area contributed by atoms with Crippen LogP contribution < -0.4 is 11.1 Å². The van der Waals surface area contributed by atoms with Crippen molar-refractivity contribution in [3.8, 4) is 0 Å². The van der Waals surface area contributed by atoms with E-state index < -0.39 is 30.0 Å². The van der Waals surface area contributed by atoms with Gasteiger partial charge in [-0.2, -0.15) is 0 Å². The number of hydrogen-bond acceptors (Lipinski definition) is 6. The predicted octanol–water partition coefficient (Wildman–Crippen LogP) is 4.31. The highest BCUT2D eigenvalue weighted by molar-refractivity contribution is 5.98. The molecular formula is C28H37N5O5. The normalized spacial score (nSPS) is 15.6. The Morgan fingerprint density at radius 3 is 2.55 bits per heavy atom. The second kappa shape index (κ2) is 11.4. The van der Waals surface area contributed by atoms with Gasteiger partial charge >= 0.3 is 12.0 Å². The number of rotatable bonds is 9. The van der Waals surface area contributed by atoms with Crippen molar-refractivity contribution in [1.29, 1.82) is 0 Å². The summed E-state index contributed by atoms with van der Waals surface area (Å²) in [4.78, 5) is 44.8. The minimum atomic E-state index is -1.24. The van der Waals surface area contributed by atoms with Crippen LogP contribution in [0.1, 0.15) is 79.7 Å². The van der Waals surface area contributed by atoms with Gasteiger partial charge in [0.25, 0.3) is 0 Å². The smallest absolute Gasteiger partial charge is 0.358 e. The van der Waals surface area contributed by atoms with Gasteiger partial charge in [-0.15, -0.1) is 0 Å². The van der Waals surface area contributed by atoms with Crippen LogP contribution in [0.2, 0.25) is 0 Å². The second-order valence-electron chi connectivity index (χ2n) is 10.6. The van der Waals surface area contributed by atoms with Crippen LogP contribution in [0.25, 0.3) is 10.9 Å². The number of urea groups is 1. The van der Waals surface area contributed by atoms with Gasteiger partial charge in [0.05, 0.1) is 6.04 Å². The lowest BCUT2D eigenvalue weighted by molar-refractivity contribution is -0.132. The molecule has 1 fully saturated rings. The summed E-state index contributed by atoms with van der Waals surface area (Å²) < 4.78 is 7.80. The molecule has 1 unspecified atom stereocenters. The number of carbonyl (C=O) groups is 3. The molecule has 1 aliphatic carbocycles. The third-order valence-corrected chi connectivity index (χ3v) is 7.19. The molecule has 204 valence electrons. The average molecular weight is 524 g/mol. The minimum absolute atomic E-state index is 0.0143. The lowest BCUT2D eigenvalue weighted by Gasteiger charge is -2.31. The molecule has 0 bridgehead atoms. The van der Waals surface area contributed by atoms with Crippen LogP contribution in [-0.4, -0.2) is 49.5 Å². The molecule has 3 aromatic rings. The number of nitrogens with zero attached hydrogens (tertiary/aromatic N) is 3. The molecule has 4 rings (SSSR count). The fourth-order valence-corrected chi connectivity index (χ4v) is 5.34. The van der Waals surface area contributed by atoms with Crippen molar-refractivity contribution in [3.63, 3.8) is 0 Å². The number of aromatic nitrogens is 2. The Labute approximate surface area is 222 Å². The molecule has 2 aromatic heterocycles. The van der Waals surface area contributed by atoms with E-state index in [0.717, 1.165) is 47.0 Å². The average Bonchev–Trinajstić information content (AvgIpc) is 3.58. The van der Waals surface area contributed by atoms with Crippen molar-refractivity contribution in [2.24, 2.45) is 18.7 Å². The van der Waals surface area contributed by atoms with Crippen LogP contribution in [-0.2, 0) is 18.3 Å². The van der Waals surface area contributed by atoms with E-state index >= 15 is 0 Å². The number of para-hydroxylation sites is 1. The standard InChI is InChI=1S/C28H37N5O5/c1-16(2)13-21(29)26(34)33(28(37)30-19-9-5-6-10-19)23(25-31-24(27(35)36)17(3)38-25)14-18-15-32(4)22-12-8-7-11-20(18)22/h7-8,11-12,15-16,19,21,23H,5-6,9-10,13-14,29H2,1-4H3,(H,30,37)(H,35,36)/t21?,23-/m1/s1. The number of carbonyl (C=O) groups excluding carboxylic acids is 2. The van der Waals surface area contributed by atoms with E-state index in [0.29, 0.717) is 6.42 Å². The van der Waals surface area contributed by atoms with Gasteiger partial charge in [-0.25, -0.2) is 14.6 Å². The fourth-order valence-electron chi connectivity index (χ4n) is 5.34. The van der Waals surface area contributed by atoms with Crippen molar-refractivity contribution in [3.05, 3.63) is 53.4 Å². The van der Waals surface area contributed by atoms with Crippen molar-refractivity contribution >= 4 is 28.8 Å². The Bertz CT molecular complexity index is 1320. The third kappa shape index (κ3) is 5.75. The molecule has 38 heavy (non-hydrogen) atoms. The Hall–Kier alpha value is -3.66. The first-order chi connectivity index (χ1) is 18.1. The van der Waals surface area contributed by atoms with Crippen molar-refractivity contribution in [2.45, 2.75) is 77.4 Å². The molecule has 1 aliphatic rings. The topological polar surface area (TPSA) is 144 Å². The highest BCUT2D eigenvalue weighted by Gasteiger charge is 2.39. The van der Waals surface area contributed by atoms with Gasteiger partial charge in [-0.1, -0.05) is 44.9 Å². The summed E-state index contributed by atoms with van der Waals surface area (Å²) >= 11 is 0. The first-order valence-corrected chi connectivity index (χ1v) is 13.2. The number of aryl methyl sites for hydroxylation is 2. The van der Waals surface area contributed by atoms with Gasteiger partial charge in [0.1, 0.15) is 11.8 Å². The second-order valence-corrected chi connectivity index (χ2v) is 10.6. The van der Waals surface area contributed by atoms with Crippen LogP contribution in [0.4, 0.5) is 4.79 Å². The van der Waals surface area contributed by atoms with E-state index in [9.17, 15) is 19.5 Å². The number of fused-ring (bicyclic) bond motifs is 1. The molecule has 0 radical (unpaired) electrons. The highest BCUT2D eigenvalue weighted by atomic mass is 16.4. The van der Waals surface area contributed by atoms with Crippen LogP contribution in [0.3, 0.4) is 0 Å². The van der Waals surface area contributed by atoms with Gasteiger partial charge in [0.2, 0.25) is 11.8 Å². The molecule has 2 heterocycles. The summed E-state index contributed by atoms with van der Waals surface area (Å²) in [5.74, 6) is -1.57. The maximum atomic E-state index is 13.8. The summed E-state index contributed by atoms with van der Waals surface area (Å²) in [5, 5.41) is 13.6. The molecule has 0 aliphatic heterocycles. The van der Waals surface area contributed by atoms with Gasteiger partial charge < -0.3 is 25.1 Å². The number of nitrogens with two attached hydrogens (primary N) is 1. The lowest BCUT2D eigenvalue weighted by Crippen LogP contribution is -2.54. The van der Waals surface area contributed by atoms with Gasteiger partial charge in [0, 0.05) is 36.6 Å². The van der Waals surface area contributed by atoms with E-state index in [2.05, 4.69) is 10.3 Å². The maximum absolute atomic E-state index is 13.8. The Morgan fingerprint density at radius 2 is 1.92 bits per heavy atom. The van der Waals surface area contributed by atoms with Gasteiger partial charge in [-0.05, 0) is 43.7 Å². The molecule has 10 heteroatoms. The summed E-state index contributed by atoms with van der Waals surface area (Å²) in [5.41, 5.74) is 7.93. The predicted molar refractivity (Wildman–Crippen MR) is 143 cm³/mol. The molecule has 0 saturated heterocycles. The van der Waals surface area contributed by atoms with Crippen LogP contribution in [0.5, 0.6) is 0 Å². The summed E-state index contributed by atoms with van der Waals surface area (Å²) in [6, 6.07) is 5.29. The molecule has 4 N–H and O–H groups in total. The SMILES string of the molecule is Cc1oc([C@@H](Cc2cn(C)c3ccccc23)N(C(=O)NC2CCCC2)C(=O)C(N)CC(C)C)nc1C(=O)O. The van der Waals surface area contributed by atoms with E-state index in [1.165, 1.54) is 6.92 Å². The zero-order valence-electron chi connectivity index (χ0n) is 22.4. The highest BCUT2D eigenvalue weighted by Crippen LogP contribution is 2.32. The minimum Gasteiger partial charge on any atom is -0.476 e. The first-order valence-electron chi connectivity index (χ1n) is 13.2. The van der Waals surface area contributed by atoms with E-state index in [-0.39, 0.29) is 35.7 Å². The quantitative estimate of drug-likeness (QED) is 0.379. The molecular weight excluding hydrogens is 486 g/mol. The molecule has 3 amide bonds. The van der Waals surface area contributed by atoms with Crippen LogP contribution in [0, 0.1) is 12.8 Å². The van der Waals surface area contributed by atoms with E-state index in [1.54, 1.807) is 0 Å². The third-order valence-electron chi connectivity index (χ3n) is 7.19. The van der Waals surface area contributed by atoms with Gasteiger partial charge in [0.15, 0.2) is 5.69 Å². The maximum Gasteiger partial charge on any atom is 0.358 e. The molecule has 2 atom stereocenters. The summed E-state index contributed by atoms with van der Waals surface area (Å²) in [7, 11) is 1.92. The molecule has 10 nitrogen and oxygen atoms in total. The Morgan fingerprint density at radius 1 is 1.24 bits per heavy atom. The Kier molecular flexibility index (Phi) is 8.20. The molecule has 1 aromatic carbocycles. The number of benzene rings is 1. The Balaban J connectivity index is 1.82. The summed E-state index contributed by atoms with van der Waals surface area (Å²) in [6.07, 6.45) is 6.19. The van der Waals surface area contributed by atoms with E-state index in [1.807, 2.05) is 55.9 Å². The van der Waals surface area contributed by atoms with Crippen molar-refractivity contribution in [1.82, 2.24) is 19.8 Å². The van der Waals surface area contributed by atoms with Crippen LogP contribution >= 0.6 is 0 Å². The summed E-state index contributed by atoms with van der Waals surface area (Å²) in [6.45, 7) is 5.42. The van der Waals surface area contributed by atoms with E-state index in [4.69, 9.17) is 10.2 Å². The zero-order chi connectivity index (χ0) is 27.6. The number of aromatic carboxylic acids is 1. The number of carboxylic acid groups (broad SMARTS) is 1. The first kappa shape index (κ1) is 27.4. The molecule has 0 spiro atoms. The monoisotopic (exact) mass is 523 g/mol. The largest absolute Gasteiger partial charge is 0.476 e. The number of imide groups is 1. The number of nitrogens with one attached hydrogen (secondary N) is 1. The number of carboxylic acids is 1. The lowest BCUT2D eigenvalue weighted by atomic mass is 10.00. The number of oxazole rings is 1. The van der Waals surface area contributed by atoms with Gasteiger partial charge in [-0.3, -0.25) is 9.69 Å². The zero-order valence-corrected chi connectivity index (χ0v) is 22.4. The van der Waals surface area contributed by atoms with Crippen molar-refractivity contribution < 1.29 is 23.9 Å². The fraction of sp³-hybridized carbons (Fsp3) is 0.500. The van der Waals surface area contributed by atoms with Crippen LogP contribution in [0.15, 0.2) is 34.9 Å². The number of hydrogen-bond donors (Lipinski definition) is 3. The van der Waals surface area contributed by atoms with Crippen molar-refractivity contribution in [2.75, 3.05) is 0 Å².